The van der Waals surface area contributed by atoms with E-state index in [4.69, 9.17) is 5.26 Å². The van der Waals surface area contributed by atoms with Gasteiger partial charge in [-0.1, -0.05) is 12.1 Å². The Labute approximate surface area is 137 Å². The van der Waals surface area contributed by atoms with E-state index in [9.17, 15) is 4.79 Å². The molecule has 2 heterocycles. The lowest BCUT2D eigenvalue weighted by Gasteiger charge is -2.03. The number of hydrogen-bond acceptors (Lipinski definition) is 5. The summed E-state index contributed by atoms with van der Waals surface area (Å²) in [5, 5.41) is 13.7. The van der Waals surface area contributed by atoms with Crippen LogP contribution in [-0.2, 0) is 0 Å². The van der Waals surface area contributed by atoms with E-state index in [1.165, 1.54) is 16.0 Å². The molecule has 0 radical (unpaired) electrons. The number of aryl methyl sites for hydroxylation is 3. The van der Waals surface area contributed by atoms with Crippen LogP contribution in [0.1, 0.15) is 27.4 Å². The van der Waals surface area contributed by atoms with Crippen LogP contribution in [0.2, 0.25) is 0 Å². The average Bonchev–Trinajstić information content (AvgIpc) is 2.82. The molecule has 0 aliphatic heterocycles. The summed E-state index contributed by atoms with van der Waals surface area (Å²) in [6, 6.07) is 9.06. The zero-order chi connectivity index (χ0) is 16.6. The fourth-order valence-electron chi connectivity index (χ4n) is 2.29. The van der Waals surface area contributed by atoms with Gasteiger partial charge < -0.3 is 0 Å². The van der Waals surface area contributed by atoms with Gasteiger partial charge in [-0.2, -0.15) is 15.0 Å². The van der Waals surface area contributed by atoms with E-state index in [1.54, 1.807) is 37.4 Å². The molecule has 5 nitrogen and oxygen atoms in total. The summed E-state index contributed by atoms with van der Waals surface area (Å²) >= 11 is 1.53. The van der Waals surface area contributed by atoms with Crippen LogP contribution in [0.4, 0.5) is 0 Å². The predicted octanol–water partition coefficient (Wildman–Crippen LogP) is 3.14. The second-order valence-corrected chi connectivity index (χ2v) is 6.42. The first-order valence-corrected chi connectivity index (χ1v) is 7.87. The number of thiophene rings is 1. The lowest BCUT2D eigenvalue weighted by atomic mass is 10.2. The van der Waals surface area contributed by atoms with E-state index in [1.807, 2.05) is 13.8 Å². The smallest absolute Gasteiger partial charge is 0.267 e. The van der Waals surface area contributed by atoms with Gasteiger partial charge in [0, 0.05) is 4.88 Å². The van der Waals surface area contributed by atoms with E-state index < -0.39 is 0 Å². The molecule has 2 aromatic heterocycles. The van der Waals surface area contributed by atoms with Crippen molar-refractivity contribution in [2.75, 3.05) is 0 Å². The first-order chi connectivity index (χ1) is 11.0. The minimum atomic E-state index is -0.153. The number of hydrogen-bond donors (Lipinski definition) is 0. The largest absolute Gasteiger partial charge is 0.283 e. The van der Waals surface area contributed by atoms with Gasteiger partial charge in [0.15, 0.2) is 0 Å². The number of nitrogens with zero attached hydrogens (tertiary/aromatic N) is 4. The summed E-state index contributed by atoms with van der Waals surface area (Å²) in [5.74, 6) is 0.550. The number of fused-ring (bicyclic) bond motifs is 1. The van der Waals surface area contributed by atoms with Crippen molar-refractivity contribution in [2.45, 2.75) is 20.8 Å². The van der Waals surface area contributed by atoms with Crippen LogP contribution in [0.25, 0.3) is 10.2 Å². The molecule has 0 spiro atoms. The maximum absolute atomic E-state index is 12.7. The lowest BCUT2D eigenvalue weighted by Crippen LogP contribution is -2.20. The number of aromatic nitrogens is 2. The molecule has 0 aliphatic rings. The Bertz CT molecular complexity index is 1020. The van der Waals surface area contributed by atoms with Crippen molar-refractivity contribution in [3.63, 3.8) is 0 Å². The Morgan fingerprint density at radius 2 is 1.96 bits per heavy atom. The summed E-state index contributed by atoms with van der Waals surface area (Å²) in [6.45, 7) is 5.68. The fourth-order valence-corrected chi connectivity index (χ4v) is 3.36. The van der Waals surface area contributed by atoms with Gasteiger partial charge in [0.05, 0.1) is 23.2 Å². The van der Waals surface area contributed by atoms with Crippen molar-refractivity contribution < 1.29 is 0 Å². The lowest BCUT2D eigenvalue weighted by molar-refractivity contribution is 0.772. The number of nitriles is 1. The molecule has 0 atom stereocenters. The highest BCUT2D eigenvalue weighted by atomic mass is 32.1. The standard InChI is InChI=1S/C17H14N4OS/c1-10-11(2)23-16-15(10)17(22)21(12(3)20-16)19-9-14-6-4-13(8-18)5-7-14/h4-7,9H,1-3H3/b19-9-. The van der Waals surface area contributed by atoms with Crippen LogP contribution in [0, 0.1) is 32.1 Å². The zero-order valence-corrected chi connectivity index (χ0v) is 13.8. The highest BCUT2D eigenvalue weighted by Gasteiger charge is 2.13. The Kier molecular flexibility index (Phi) is 3.80. The topological polar surface area (TPSA) is 71.0 Å². The summed E-state index contributed by atoms with van der Waals surface area (Å²) < 4.78 is 1.32. The third-order valence-electron chi connectivity index (χ3n) is 3.70. The van der Waals surface area contributed by atoms with Crippen LogP contribution in [0.3, 0.4) is 0 Å². The van der Waals surface area contributed by atoms with Crippen LogP contribution >= 0.6 is 11.3 Å². The number of benzene rings is 1. The van der Waals surface area contributed by atoms with Gasteiger partial charge in [-0.05, 0) is 44.0 Å². The quantitative estimate of drug-likeness (QED) is 0.680. The van der Waals surface area contributed by atoms with Gasteiger partial charge in [-0.15, -0.1) is 11.3 Å². The summed E-state index contributed by atoms with van der Waals surface area (Å²) in [4.78, 5) is 19.0. The first kappa shape index (κ1) is 15.1. The third kappa shape index (κ3) is 2.67. The van der Waals surface area contributed by atoms with Crippen molar-refractivity contribution in [1.82, 2.24) is 9.66 Å². The third-order valence-corrected chi connectivity index (χ3v) is 4.81. The molecule has 0 saturated carbocycles. The molecule has 3 rings (SSSR count). The molecule has 0 N–H and O–H groups in total. The fraction of sp³-hybridized carbons (Fsp3) is 0.176. The van der Waals surface area contributed by atoms with Crippen LogP contribution in [-0.4, -0.2) is 15.9 Å². The second kappa shape index (κ2) is 5.78. The molecule has 0 saturated heterocycles. The Balaban J connectivity index is 2.09. The Hall–Kier alpha value is -2.78. The van der Waals surface area contributed by atoms with E-state index in [0.717, 1.165) is 20.8 Å². The first-order valence-electron chi connectivity index (χ1n) is 7.05. The Morgan fingerprint density at radius 3 is 2.61 bits per heavy atom. The molecular formula is C17H14N4OS. The highest BCUT2D eigenvalue weighted by Crippen LogP contribution is 2.26. The van der Waals surface area contributed by atoms with Gasteiger partial charge in [-0.25, -0.2) is 4.98 Å². The van der Waals surface area contributed by atoms with Crippen LogP contribution in [0.5, 0.6) is 0 Å². The van der Waals surface area contributed by atoms with Gasteiger partial charge in [0.2, 0.25) is 0 Å². The molecule has 0 fully saturated rings. The average molecular weight is 322 g/mol. The highest BCUT2D eigenvalue weighted by molar-refractivity contribution is 7.18. The van der Waals surface area contributed by atoms with Crippen molar-refractivity contribution in [1.29, 1.82) is 5.26 Å². The molecule has 3 aromatic rings. The van der Waals surface area contributed by atoms with Gasteiger partial charge in [0.1, 0.15) is 10.7 Å². The molecule has 0 aliphatic carbocycles. The van der Waals surface area contributed by atoms with Gasteiger partial charge >= 0.3 is 0 Å². The zero-order valence-electron chi connectivity index (χ0n) is 13.0. The molecule has 6 heteroatoms. The summed E-state index contributed by atoms with van der Waals surface area (Å²) in [6.07, 6.45) is 1.59. The van der Waals surface area contributed by atoms with E-state index >= 15 is 0 Å². The van der Waals surface area contributed by atoms with Crippen molar-refractivity contribution in [2.24, 2.45) is 5.10 Å². The predicted molar refractivity (Wildman–Crippen MR) is 92.2 cm³/mol. The normalized spacial score (nSPS) is 11.2. The van der Waals surface area contributed by atoms with E-state index in [0.29, 0.717) is 16.8 Å². The molecule has 23 heavy (non-hydrogen) atoms. The summed E-state index contributed by atoms with van der Waals surface area (Å²) in [5.41, 5.74) is 2.21. The summed E-state index contributed by atoms with van der Waals surface area (Å²) in [7, 11) is 0. The molecule has 0 unspecified atom stereocenters. The van der Waals surface area contributed by atoms with Crippen molar-refractivity contribution in [3.8, 4) is 6.07 Å². The van der Waals surface area contributed by atoms with Crippen molar-refractivity contribution >= 4 is 27.8 Å². The Morgan fingerprint density at radius 1 is 1.26 bits per heavy atom. The monoisotopic (exact) mass is 322 g/mol. The van der Waals surface area contributed by atoms with E-state index in [2.05, 4.69) is 16.2 Å². The second-order valence-electron chi connectivity index (χ2n) is 5.22. The maximum Gasteiger partial charge on any atom is 0.283 e. The van der Waals surface area contributed by atoms with Gasteiger partial charge in [-0.3, -0.25) is 4.79 Å². The van der Waals surface area contributed by atoms with Gasteiger partial charge in [0.25, 0.3) is 5.56 Å². The minimum absolute atomic E-state index is 0.153. The molecular weight excluding hydrogens is 308 g/mol. The molecule has 114 valence electrons. The van der Waals surface area contributed by atoms with Crippen molar-refractivity contribution in [3.05, 3.63) is 62.0 Å². The maximum atomic E-state index is 12.7. The van der Waals surface area contributed by atoms with E-state index in [-0.39, 0.29) is 5.56 Å². The van der Waals surface area contributed by atoms with Crippen LogP contribution in [0.15, 0.2) is 34.2 Å². The molecule has 0 amide bonds. The SMILES string of the molecule is Cc1sc2nc(C)n(/N=C\c3ccc(C#N)cc3)c(=O)c2c1C. The molecule has 1 aromatic carbocycles. The molecule has 0 bridgehead atoms. The van der Waals surface area contributed by atoms with Crippen LogP contribution < -0.4 is 5.56 Å². The number of rotatable bonds is 2. The minimum Gasteiger partial charge on any atom is -0.267 e.